The molecule has 0 aromatic heterocycles. The topological polar surface area (TPSA) is 71.4 Å². The summed E-state index contributed by atoms with van der Waals surface area (Å²) < 4.78 is 7.11. The molecule has 0 aromatic carbocycles. The summed E-state index contributed by atoms with van der Waals surface area (Å²) in [4.78, 5) is 27.8. The molecule has 0 bridgehead atoms. The Hall–Kier alpha value is -1.09. The molecule has 0 saturated heterocycles. The van der Waals surface area contributed by atoms with Gasteiger partial charge in [-0.05, 0) is 13.8 Å². The van der Waals surface area contributed by atoms with Gasteiger partial charge in [0.05, 0.1) is 18.7 Å². The van der Waals surface area contributed by atoms with Crippen LogP contribution in [-0.2, 0) is 9.57 Å². The molecule has 0 aliphatic heterocycles. The van der Waals surface area contributed by atoms with E-state index in [4.69, 9.17) is 9.57 Å². The summed E-state index contributed by atoms with van der Waals surface area (Å²) in [5.74, 6) is 0. The van der Waals surface area contributed by atoms with E-state index in [-0.39, 0.29) is 6.61 Å². The van der Waals surface area contributed by atoms with Crippen LogP contribution in [0.2, 0.25) is 0 Å². The molecule has 0 unspecified atom stereocenters. The van der Waals surface area contributed by atoms with Crippen molar-refractivity contribution in [1.29, 1.82) is 0 Å². The Balaban J connectivity index is 4.25. The van der Waals surface area contributed by atoms with Crippen LogP contribution in [0.3, 0.4) is 0 Å². The molecule has 2 amide bonds. The number of thioether (sulfide) groups is 1. The summed E-state index contributed by atoms with van der Waals surface area (Å²) in [5.41, 5.74) is 0. The van der Waals surface area contributed by atoms with Crippen molar-refractivity contribution >= 4 is 41.1 Å². The number of rotatable bonds is 5. The van der Waals surface area contributed by atoms with E-state index >= 15 is 0 Å². The summed E-state index contributed by atoms with van der Waals surface area (Å²) in [6.45, 7) is 7.77. The van der Waals surface area contributed by atoms with Gasteiger partial charge in [0.25, 0.3) is 0 Å². The lowest BCUT2D eigenvalue weighted by Gasteiger charge is -2.20. The van der Waals surface area contributed by atoms with Gasteiger partial charge in [0.2, 0.25) is 0 Å². The van der Waals surface area contributed by atoms with E-state index in [0.717, 1.165) is 16.4 Å². The first-order chi connectivity index (χ1) is 9.27. The van der Waals surface area contributed by atoms with Crippen LogP contribution < -0.4 is 0 Å². The number of nitrogens with zero attached hydrogens (tertiary/aromatic N) is 3. The van der Waals surface area contributed by atoms with Crippen LogP contribution in [0.15, 0.2) is 5.16 Å². The van der Waals surface area contributed by atoms with E-state index in [1.54, 1.807) is 13.8 Å². The van der Waals surface area contributed by atoms with Crippen LogP contribution in [0.25, 0.3) is 0 Å². The van der Waals surface area contributed by atoms with Crippen molar-refractivity contribution in [3.05, 3.63) is 0 Å². The molecule has 0 aliphatic carbocycles. The highest BCUT2D eigenvalue weighted by atomic mass is 32.2. The first-order valence-electron chi connectivity index (χ1n) is 6.02. The Morgan fingerprint density at radius 3 is 2.25 bits per heavy atom. The van der Waals surface area contributed by atoms with Gasteiger partial charge in [0.1, 0.15) is 5.04 Å². The summed E-state index contributed by atoms with van der Waals surface area (Å²) in [6, 6.07) is 0. The molecular formula is C11H21N3O4S2. The van der Waals surface area contributed by atoms with Crippen molar-refractivity contribution in [2.24, 2.45) is 5.16 Å². The van der Waals surface area contributed by atoms with Crippen molar-refractivity contribution < 1.29 is 19.2 Å². The van der Waals surface area contributed by atoms with Gasteiger partial charge in [-0.15, -0.1) is 11.8 Å². The predicted octanol–water partition coefficient (Wildman–Crippen LogP) is 3.18. The summed E-state index contributed by atoms with van der Waals surface area (Å²) >= 11 is 2.36. The smallest absolute Gasteiger partial charge is 0.447 e. The summed E-state index contributed by atoms with van der Waals surface area (Å²) in [7, 11) is 2.97. The maximum atomic E-state index is 11.6. The Kier molecular flexibility index (Phi) is 9.23. The van der Waals surface area contributed by atoms with Crippen molar-refractivity contribution in [2.45, 2.75) is 32.9 Å². The highest BCUT2D eigenvalue weighted by molar-refractivity contribution is 8.14. The number of ether oxygens (including phenoxy) is 1. The summed E-state index contributed by atoms with van der Waals surface area (Å²) in [5, 5.41) is 4.73. The van der Waals surface area contributed by atoms with E-state index in [0.29, 0.717) is 10.3 Å². The van der Waals surface area contributed by atoms with Gasteiger partial charge >= 0.3 is 12.2 Å². The minimum atomic E-state index is -0.671. The van der Waals surface area contributed by atoms with Gasteiger partial charge in [-0.25, -0.2) is 18.2 Å². The lowest BCUT2D eigenvalue weighted by molar-refractivity contribution is 0.132. The zero-order valence-electron chi connectivity index (χ0n) is 12.6. The SMILES string of the molecule is CCOC(=O)N(C)SN(C)C(=O)ON=C(C)SC(C)C. The van der Waals surface area contributed by atoms with Crippen molar-refractivity contribution in [3.8, 4) is 0 Å². The Labute approximate surface area is 128 Å². The average Bonchev–Trinajstić information content (AvgIpc) is 2.35. The molecule has 20 heavy (non-hydrogen) atoms. The highest BCUT2D eigenvalue weighted by Gasteiger charge is 2.18. The number of amides is 2. The fraction of sp³-hybridized carbons (Fsp3) is 0.727. The minimum absolute atomic E-state index is 0.272. The van der Waals surface area contributed by atoms with Crippen molar-refractivity contribution in [3.63, 3.8) is 0 Å². The molecule has 0 fully saturated rings. The van der Waals surface area contributed by atoms with E-state index in [9.17, 15) is 9.59 Å². The molecule has 9 heteroatoms. The molecule has 0 aliphatic rings. The van der Waals surface area contributed by atoms with Crippen LogP contribution in [0.1, 0.15) is 27.7 Å². The first kappa shape index (κ1) is 18.9. The molecular weight excluding hydrogens is 302 g/mol. The quantitative estimate of drug-likeness (QED) is 0.254. The average molecular weight is 323 g/mol. The van der Waals surface area contributed by atoms with Gasteiger partial charge in [0.15, 0.2) is 0 Å². The fourth-order valence-corrected chi connectivity index (χ4v) is 2.34. The fourth-order valence-electron chi connectivity index (χ4n) is 0.988. The molecule has 7 nitrogen and oxygen atoms in total. The lowest BCUT2D eigenvalue weighted by Crippen LogP contribution is -2.29. The molecule has 0 spiro atoms. The molecule has 0 aromatic rings. The standard InChI is InChI=1S/C11H21N3O4S2/c1-7-17-10(15)13(5)20-14(6)11(16)18-12-9(4)19-8(2)3/h8H,7H2,1-6H3. The van der Waals surface area contributed by atoms with E-state index in [1.807, 2.05) is 13.8 Å². The van der Waals surface area contributed by atoms with Crippen LogP contribution in [-0.4, -0.2) is 51.8 Å². The van der Waals surface area contributed by atoms with E-state index in [1.165, 1.54) is 30.2 Å². The second-order valence-electron chi connectivity index (χ2n) is 3.91. The largest absolute Gasteiger partial charge is 0.449 e. The molecule has 0 N–H and O–H groups in total. The minimum Gasteiger partial charge on any atom is -0.449 e. The third-order valence-corrected chi connectivity index (χ3v) is 3.36. The first-order valence-corrected chi connectivity index (χ1v) is 7.63. The Morgan fingerprint density at radius 2 is 1.75 bits per heavy atom. The predicted molar refractivity (Wildman–Crippen MR) is 82.5 cm³/mol. The summed E-state index contributed by atoms with van der Waals surface area (Å²) in [6.07, 6.45) is -1.21. The maximum absolute atomic E-state index is 11.6. The molecule has 0 rings (SSSR count). The van der Waals surface area contributed by atoms with Crippen LogP contribution in [0.5, 0.6) is 0 Å². The van der Waals surface area contributed by atoms with Gasteiger partial charge in [0, 0.05) is 19.3 Å². The van der Waals surface area contributed by atoms with Gasteiger partial charge < -0.3 is 4.74 Å². The van der Waals surface area contributed by atoms with E-state index < -0.39 is 12.2 Å². The normalized spacial score (nSPS) is 11.2. The number of carbonyl (C=O) groups excluding carboxylic acids is 2. The molecule has 0 heterocycles. The zero-order valence-corrected chi connectivity index (χ0v) is 14.2. The van der Waals surface area contributed by atoms with Crippen molar-refractivity contribution in [1.82, 2.24) is 8.61 Å². The van der Waals surface area contributed by atoms with Gasteiger partial charge in [-0.2, -0.15) is 0 Å². The van der Waals surface area contributed by atoms with Crippen LogP contribution in [0.4, 0.5) is 9.59 Å². The van der Waals surface area contributed by atoms with Crippen LogP contribution >= 0.6 is 23.9 Å². The Bertz CT molecular complexity index is 364. The number of hydrogen-bond donors (Lipinski definition) is 0. The maximum Gasteiger partial charge on any atom is 0.447 e. The molecule has 116 valence electrons. The second kappa shape index (κ2) is 9.76. The number of oxime groups is 1. The highest BCUT2D eigenvalue weighted by Crippen LogP contribution is 2.16. The third-order valence-electron chi connectivity index (χ3n) is 1.69. The molecule has 0 radical (unpaired) electrons. The number of hydrogen-bond acceptors (Lipinski definition) is 7. The van der Waals surface area contributed by atoms with E-state index in [2.05, 4.69) is 5.16 Å². The second-order valence-corrected chi connectivity index (χ2v) is 6.94. The van der Waals surface area contributed by atoms with Crippen molar-refractivity contribution in [2.75, 3.05) is 20.7 Å². The lowest BCUT2D eigenvalue weighted by atomic mass is 10.6. The zero-order chi connectivity index (χ0) is 15.7. The van der Waals surface area contributed by atoms with Crippen LogP contribution in [0, 0.1) is 0 Å². The third kappa shape index (κ3) is 8.16. The number of carbonyl (C=O) groups is 2. The Morgan fingerprint density at radius 1 is 1.20 bits per heavy atom. The monoisotopic (exact) mass is 323 g/mol. The van der Waals surface area contributed by atoms with Gasteiger partial charge in [-0.1, -0.05) is 19.0 Å². The molecule has 0 atom stereocenters. The van der Waals surface area contributed by atoms with Gasteiger partial charge in [-0.3, -0.25) is 4.84 Å². The molecule has 0 saturated carbocycles.